The second kappa shape index (κ2) is 8.37. The van der Waals surface area contributed by atoms with Gasteiger partial charge in [-0.3, -0.25) is 9.20 Å². The van der Waals surface area contributed by atoms with Gasteiger partial charge in [-0.1, -0.05) is 36.6 Å². The van der Waals surface area contributed by atoms with Crippen LogP contribution in [0.3, 0.4) is 0 Å². The molecule has 1 saturated heterocycles. The average molecular weight is 416 g/mol. The molecule has 0 unspecified atom stereocenters. The topological polar surface area (TPSA) is 46.8 Å². The number of likely N-dealkylation sites (tertiary alicyclic amines) is 1. The standard InChI is InChI=1S/C21H22ClN3O2S/c1-27-16-8-6-15(7-9-16)17-5-3-2-4-12-24(17)19(26)11-10-18-20(22)23-21-25(18)13-14-28-21/h6-11,13-14,17H,2-5,12H2,1H3/b11-10-/t17-/m0/s1. The summed E-state index contributed by atoms with van der Waals surface area (Å²) in [5, 5.41) is 2.37. The van der Waals surface area contributed by atoms with E-state index in [2.05, 4.69) is 17.1 Å². The van der Waals surface area contributed by atoms with Crippen molar-refractivity contribution in [3.63, 3.8) is 0 Å². The molecule has 3 aromatic rings. The van der Waals surface area contributed by atoms with Gasteiger partial charge in [-0.2, -0.15) is 0 Å². The Hall–Kier alpha value is -2.31. The fourth-order valence-electron chi connectivity index (χ4n) is 3.72. The molecule has 5 nitrogen and oxygen atoms in total. The highest BCUT2D eigenvalue weighted by atomic mass is 35.5. The summed E-state index contributed by atoms with van der Waals surface area (Å²) in [5.74, 6) is 0.828. The minimum atomic E-state index is 0.00367. The monoisotopic (exact) mass is 415 g/mol. The quantitative estimate of drug-likeness (QED) is 0.549. The Morgan fingerprint density at radius 2 is 2.11 bits per heavy atom. The van der Waals surface area contributed by atoms with Crippen molar-refractivity contribution >= 4 is 39.9 Å². The van der Waals surface area contributed by atoms with Crippen LogP contribution in [0.1, 0.15) is 43.0 Å². The van der Waals surface area contributed by atoms with Crippen molar-refractivity contribution in [1.82, 2.24) is 14.3 Å². The summed E-state index contributed by atoms with van der Waals surface area (Å²) in [6.07, 6.45) is 9.55. The van der Waals surface area contributed by atoms with Crippen LogP contribution in [-0.2, 0) is 4.79 Å². The van der Waals surface area contributed by atoms with Gasteiger partial charge in [0.1, 0.15) is 5.75 Å². The zero-order valence-electron chi connectivity index (χ0n) is 15.7. The van der Waals surface area contributed by atoms with Crippen molar-refractivity contribution in [2.45, 2.75) is 31.7 Å². The number of amides is 1. The third-order valence-electron chi connectivity index (χ3n) is 5.17. The highest BCUT2D eigenvalue weighted by Crippen LogP contribution is 2.31. The van der Waals surface area contributed by atoms with Crippen LogP contribution in [0.4, 0.5) is 0 Å². The van der Waals surface area contributed by atoms with E-state index < -0.39 is 0 Å². The number of imidazole rings is 1. The lowest BCUT2D eigenvalue weighted by atomic mass is 10.0. The molecule has 0 bridgehead atoms. The molecule has 1 aliphatic rings. The number of rotatable bonds is 4. The molecule has 3 heterocycles. The lowest BCUT2D eigenvalue weighted by Gasteiger charge is -2.29. The third kappa shape index (κ3) is 3.80. The van der Waals surface area contributed by atoms with Crippen LogP contribution in [0.15, 0.2) is 41.9 Å². The van der Waals surface area contributed by atoms with Crippen molar-refractivity contribution in [3.05, 3.63) is 58.3 Å². The maximum Gasteiger partial charge on any atom is 0.247 e. The molecule has 0 aliphatic carbocycles. The number of methoxy groups -OCH3 is 1. The number of nitrogens with zero attached hydrogens (tertiary/aromatic N) is 3. The number of aromatic nitrogens is 2. The second-order valence-electron chi connectivity index (χ2n) is 6.85. The molecule has 1 aromatic carbocycles. The van der Waals surface area contributed by atoms with Crippen LogP contribution in [0, 0.1) is 0 Å². The van der Waals surface area contributed by atoms with Gasteiger partial charge in [-0.25, -0.2) is 4.98 Å². The SMILES string of the molecule is COc1ccc([C@@H]2CCCCCN2C(=O)/C=C\c2c(Cl)nc3sccn23)cc1. The first-order valence-corrected chi connectivity index (χ1v) is 10.7. The Morgan fingerprint density at radius 1 is 1.29 bits per heavy atom. The van der Waals surface area contributed by atoms with Gasteiger partial charge in [0, 0.05) is 24.2 Å². The number of thiazole rings is 1. The first kappa shape index (κ1) is 19.0. The number of carbonyl (C=O) groups excluding carboxylic acids is 1. The zero-order chi connectivity index (χ0) is 19.5. The normalized spacial score (nSPS) is 17.9. The molecule has 1 aliphatic heterocycles. The number of halogens is 1. The van der Waals surface area contributed by atoms with Crippen LogP contribution >= 0.6 is 22.9 Å². The van der Waals surface area contributed by atoms with Crippen molar-refractivity contribution in [3.8, 4) is 5.75 Å². The molecule has 28 heavy (non-hydrogen) atoms. The maximum atomic E-state index is 13.1. The van der Waals surface area contributed by atoms with Gasteiger partial charge in [0.25, 0.3) is 0 Å². The first-order valence-electron chi connectivity index (χ1n) is 9.41. The van der Waals surface area contributed by atoms with Crippen LogP contribution in [0.2, 0.25) is 5.15 Å². The van der Waals surface area contributed by atoms with E-state index in [9.17, 15) is 4.79 Å². The molecule has 0 N–H and O–H groups in total. The molecule has 146 valence electrons. The number of ether oxygens (including phenoxy) is 1. The largest absolute Gasteiger partial charge is 0.497 e. The molecule has 0 saturated carbocycles. The molecular formula is C21H22ClN3O2S. The summed E-state index contributed by atoms with van der Waals surface area (Å²) in [4.78, 5) is 20.2. The number of hydrogen-bond acceptors (Lipinski definition) is 4. The summed E-state index contributed by atoms with van der Waals surface area (Å²) < 4.78 is 7.17. The Kier molecular flexibility index (Phi) is 5.69. The summed E-state index contributed by atoms with van der Waals surface area (Å²) in [6.45, 7) is 0.758. The zero-order valence-corrected chi connectivity index (χ0v) is 17.2. The lowest BCUT2D eigenvalue weighted by molar-refractivity contribution is -0.128. The fraction of sp³-hybridized carbons (Fsp3) is 0.333. The highest BCUT2D eigenvalue weighted by molar-refractivity contribution is 7.15. The Labute approximate surface area is 173 Å². The van der Waals surface area contributed by atoms with Crippen molar-refractivity contribution in [1.29, 1.82) is 0 Å². The van der Waals surface area contributed by atoms with E-state index in [0.717, 1.165) is 54.2 Å². The average Bonchev–Trinajstić information content (AvgIpc) is 3.17. The molecule has 2 aromatic heterocycles. The van der Waals surface area contributed by atoms with E-state index >= 15 is 0 Å². The Balaban J connectivity index is 1.59. The summed E-state index contributed by atoms with van der Waals surface area (Å²) >= 11 is 7.76. The molecule has 0 spiro atoms. The smallest absolute Gasteiger partial charge is 0.247 e. The number of hydrogen-bond donors (Lipinski definition) is 0. The highest BCUT2D eigenvalue weighted by Gasteiger charge is 2.25. The molecule has 0 radical (unpaired) electrons. The molecule has 1 fully saturated rings. The van der Waals surface area contributed by atoms with Crippen LogP contribution < -0.4 is 4.74 Å². The number of carbonyl (C=O) groups is 1. The molecule has 7 heteroatoms. The van der Waals surface area contributed by atoms with Gasteiger partial charge in [0.2, 0.25) is 5.91 Å². The predicted octanol–water partition coefficient (Wildman–Crippen LogP) is 5.21. The molecular weight excluding hydrogens is 394 g/mol. The predicted molar refractivity (Wildman–Crippen MR) is 113 cm³/mol. The Morgan fingerprint density at radius 3 is 2.89 bits per heavy atom. The summed E-state index contributed by atoms with van der Waals surface area (Å²) in [7, 11) is 1.66. The maximum absolute atomic E-state index is 13.1. The van der Waals surface area contributed by atoms with Gasteiger partial charge in [-0.05, 0) is 36.6 Å². The second-order valence-corrected chi connectivity index (χ2v) is 8.08. The van der Waals surface area contributed by atoms with E-state index in [1.54, 1.807) is 19.3 Å². The van der Waals surface area contributed by atoms with Crippen LogP contribution in [0.25, 0.3) is 11.0 Å². The molecule has 1 amide bonds. The molecule has 4 rings (SSSR count). The van der Waals surface area contributed by atoms with Gasteiger partial charge in [-0.15, -0.1) is 11.3 Å². The minimum absolute atomic E-state index is 0.00367. The summed E-state index contributed by atoms with van der Waals surface area (Å²) in [5.41, 5.74) is 1.88. The third-order valence-corrected chi connectivity index (χ3v) is 6.21. The van der Waals surface area contributed by atoms with E-state index in [1.165, 1.54) is 11.3 Å². The fourth-order valence-corrected chi connectivity index (χ4v) is 4.72. The minimum Gasteiger partial charge on any atom is -0.497 e. The van der Waals surface area contributed by atoms with Gasteiger partial charge >= 0.3 is 0 Å². The van der Waals surface area contributed by atoms with Gasteiger partial charge in [0.05, 0.1) is 18.8 Å². The van der Waals surface area contributed by atoms with E-state index in [-0.39, 0.29) is 11.9 Å². The lowest BCUT2D eigenvalue weighted by Crippen LogP contribution is -2.33. The van der Waals surface area contributed by atoms with Gasteiger partial charge in [0.15, 0.2) is 10.1 Å². The van der Waals surface area contributed by atoms with E-state index in [1.807, 2.05) is 33.0 Å². The summed E-state index contributed by atoms with van der Waals surface area (Å²) in [6, 6.07) is 8.10. The van der Waals surface area contributed by atoms with Gasteiger partial charge < -0.3 is 9.64 Å². The van der Waals surface area contributed by atoms with Crippen molar-refractivity contribution in [2.75, 3.05) is 13.7 Å². The van der Waals surface area contributed by atoms with E-state index in [0.29, 0.717) is 5.15 Å². The van der Waals surface area contributed by atoms with E-state index in [4.69, 9.17) is 16.3 Å². The molecule has 1 atom stereocenters. The van der Waals surface area contributed by atoms with Crippen LogP contribution in [0.5, 0.6) is 5.75 Å². The van der Waals surface area contributed by atoms with Crippen LogP contribution in [-0.4, -0.2) is 33.8 Å². The first-order chi connectivity index (χ1) is 13.7. The van der Waals surface area contributed by atoms with Crippen molar-refractivity contribution in [2.24, 2.45) is 0 Å². The number of benzene rings is 1. The van der Waals surface area contributed by atoms with Crippen molar-refractivity contribution < 1.29 is 9.53 Å². The Bertz CT molecular complexity index is 993. The number of fused-ring (bicyclic) bond motifs is 1.